The second kappa shape index (κ2) is 4.89. The van der Waals surface area contributed by atoms with Gasteiger partial charge in [-0.25, -0.2) is 8.42 Å². The van der Waals surface area contributed by atoms with Crippen LogP contribution in [0.2, 0.25) is 0 Å². The molecule has 0 atom stereocenters. The normalized spacial score (nSPS) is 11.7. The van der Waals surface area contributed by atoms with Crippen LogP contribution >= 0.6 is 0 Å². The number of anilines is 1. The van der Waals surface area contributed by atoms with Crippen LogP contribution in [0.4, 0.5) is 5.69 Å². The smallest absolute Gasteiger partial charge is 0.265 e. The number of benzene rings is 2. The van der Waals surface area contributed by atoms with E-state index in [0.29, 0.717) is 11.4 Å². The first-order valence-electron chi connectivity index (χ1n) is 6.47. The number of fused-ring (bicyclic) bond motifs is 1. The van der Waals surface area contributed by atoms with Crippen LogP contribution in [-0.4, -0.2) is 18.2 Å². The number of nitrogens with one attached hydrogen (secondary N) is 1. The molecule has 0 fully saturated rings. The highest BCUT2D eigenvalue weighted by atomic mass is 32.2. The van der Waals surface area contributed by atoms with Gasteiger partial charge in [-0.1, -0.05) is 30.3 Å². The van der Waals surface area contributed by atoms with Crippen molar-refractivity contribution < 1.29 is 8.42 Å². The van der Waals surface area contributed by atoms with Crippen LogP contribution < -0.4 is 4.72 Å². The van der Waals surface area contributed by atoms with E-state index in [0.717, 1.165) is 10.8 Å². The zero-order valence-electron chi connectivity index (χ0n) is 11.7. The Hall–Kier alpha value is -2.34. The van der Waals surface area contributed by atoms with E-state index in [1.165, 1.54) is 10.9 Å². The largest absolute Gasteiger partial charge is 0.280 e. The molecule has 3 aromatic rings. The summed E-state index contributed by atoms with van der Waals surface area (Å²) < 4.78 is 28.9. The Balaban J connectivity index is 1.99. The number of rotatable bonds is 3. The number of hydrogen-bond acceptors (Lipinski definition) is 3. The molecular weight excluding hydrogens is 286 g/mol. The molecule has 1 heterocycles. The zero-order chi connectivity index (χ0) is 15.0. The monoisotopic (exact) mass is 301 g/mol. The molecule has 0 unspecified atom stereocenters. The molecule has 0 saturated carbocycles. The number of sulfonamides is 1. The Bertz CT molecular complexity index is 914. The Morgan fingerprint density at radius 2 is 1.81 bits per heavy atom. The van der Waals surface area contributed by atoms with E-state index in [9.17, 15) is 8.42 Å². The first-order chi connectivity index (χ1) is 9.95. The summed E-state index contributed by atoms with van der Waals surface area (Å²) >= 11 is 0. The highest BCUT2D eigenvalue weighted by Gasteiger charge is 2.19. The third-order valence-electron chi connectivity index (χ3n) is 3.26. The van der Waals surface area contributed by atoms with Crippen LogP contribution in [0.1, 0.15) is 5.69 Å². The third kappa shape index (κ3) is 2.62. The van der Waals surface area contributed by atoms with Crippen molar-refractivity contribution in [1.29, 1.82) is 0 Å². The number of nitrogens with zero attached hydrogens (tertiary/aromatic N) is 2. The van der Waals surface area contributed by atoms with Crippen LogP contribution in [0.15, 0.2) is 53.6 Å². The lowest BCUT2D eigenvalue weighted by molar-refractivity contribution is 0.600. The summed E-state index contributed by atoms with van der Waals surface area (Å²) in [4.78, 5) is 0.193. The molecule has 0 bridgehead atoms. The average molecular weight is 301 g/mol. The molecule has 0 aliphatic heterocycles. The maximum atomic E-state index is 12.4. The van der Waals surface area contributed by atoms with Gasteiger partial charge in [0.15, 0.2) is 0 Å². The fourth-order valence-corrected chi connectivity index (χ4v) is 3.57. The molecule has 108 valence electrons. The van der Waals surface area contributed by atoms with Gasteiger partial charge in [0.25, 0.3) is 10.0 Å². The van der Waals surface area contributed by atoms with Crippen LogP contribution in [0.25, 0.3) is 10.8 Å². The van der Waals surface area contributed by atoms with E-state index in [1.807, 2.05) is 36.4 Å². The number of aryl methyl sites for hydroxylation is 2. The molecule has 1 N–H and O–H groups in total. The summed E-state index contributed by atoms with van der Waals surface area (Å²) in [6.07, 6.45) is 1.50. The lowest BCUT2D eigenvalue weighted by Crippen LogP contribution is -2.13. The number of aromatic nitrogens is 2. The van der Waals surface area contributed by atoms with Crippen molar-refractivity contribution in [2.45, 2.75) is 11.8 Å². The van der Waals surface area contributed by atoms with Gasteiger partial charge >= 0.3 is 0 Å². The van der Waals surface area contributed by atoms with Gasteiger partial charge in [-0.2, -0.15) is 5.10 Å². The minimum atomic E-state index is -3.63. The van der Waals surface area contributed by atoms with Crippen molar-refractivity contribution in [3.05, 3.63) is 54.4 Å². The lowest BCUT2D eigenvalue weighted by Gasteiger charge is -2.08. The zero-order valence-corrected chi connectivity index (χ0v) is 12.6. The standard InChI is InChI=1S/C15H15N3O2S/c1-11-15(10-18(2)16-11)21(19,20)17-14-8-7-12-5-3-4-6-13(12)9-14/h3-10,17H,1-2H3. The second-order valence-corrected chi connectivity index (χ2v) is 6.57. The van der Waals surface area contributed by atoms with E-state index in [4.69, 9.17) is 0 Å². The summed E-state index contributed by atoms with van der Waals surface area (Å²) in [5.41, 5.74) is 1.02. The van der Waals surface area contributed by atoms with Crippen molar-refractivity contribution >= 4 is 26.5 Å². The van der Waals surface area contributed by atoms with Crippen molar-refractivity contribution in [2.24, 2.45) is 7.05 Å². The molecule has 6 heteroatoms. The first kappa shape index (κ1) is 13.6. The SMILES string of the molecule is Cc1nn(C)cc1S(=O)(=O)Nc1ccc2ccccc2c1. The number of hydrogen-bond donors (Lipinski definition) is 1. The molecule has 0 aliphatic carbocycles. The first-order valence-corrected chi connectivity index (χ1v) is 7.96. The Kier molecular flexibility index (Phi) is 3.17. The minimum Gasteiger partial charge on any atom is -0.280 e. The van der Waals surface area contributed by atoms with Gasteiger partial charge < -0.3 is 0 Å². The van der Waals surface area contributed by atoms with Crippen molar-refractivity contribution in [2.75, 3.05) is 4.72 Å². The predicted octanol–water partition coefficient (Wildman–Crippen LogP) is 2.68. The van der Waals surface area contributed by atoms with Gasteiger partial charge in [-0.15, -0.1) is 0 Å². The van der Waals surface area contributed by atoms with E-state index in [2.05, 4.69) is 9.82 Å². The van der Waals surface area contributed by atoms with E-state index < -0.39 is 10.0 Å². The maximum Gasteiger partial charge on any atom is 0.265 e. The summed E-state index contributed by atoms with van der Waals surface area (Å²) in [5, 5.41) is 6.12. The molecule has 0 spiro atoms. The molecule has 0 aliphatic rings. The summed E-state index contributed by atoms with van der Waals surface area (Å²) in [5.74, 6) is 0. The van der Waals surface area contributed by atoms with Crippen LogP contribution in [0.3, 0.4) is 0 Å². The van der Waals surface area contributed by atoms with Gasteiger partial charge in [0.1, 0.15) is 4.90 Å². The predicted molar refractivity (Wildman–Crippen MR) is 82.7 cm³/mol. The molecule has 0 saturated heterocycles. The molecule has 5 nitrogen and oxygen atoms in total. The van der Waals surface area contributed by atoms with Crippen LogP contribution in [0, 0.1) is 6.92 Å². The lowest BCUT2D eigenvalue weighted by atomic mass is 10.1. The van der Waals surface area contributed by atoms with E-state index >= 15 is 0 Å². The van der Waals surface area contributed by atoms with Gasteiger partial charge in [0.05, 0.1) is 5.69 Å². The van der Waals surface area contributed by atoms with Crippen LogP contribution in [0.5, 0.6) is 0 Å². The molecular formula is C15H15N3O2S. The topological polar surface area (TPSA) is 64.0 Å². The highest BCUT2D eigenvalue weighted by Crippen LogP contribution is 2.22. The summed E-state index contributed by atoms with van der Waals surface area (Å²) in [6.45, 7) is 1.68. The Labute approximate surface area is 123 Å². The second-order valence-electron chi connectivity index (χ2n) is 4.92. The molecule has 3 rings (SSSR count). The quantitative estimate of drug-likeness (QED) is 0.809. The minimum absolute atomic E-state index is 0.193. The molecule has 21 heavy (non-hydrogen) atoms. The average Bonchev–Trinajstić information content (AvgIpc) is 2.78. The van der Waals surface area contributed by atoms with Crippen molar-refractivity contribution in [3.63, 3.8) is 0 Å². The fraction of sp³-hybridized carbons (Fsp3) is 0.133. The molecule has 0 amide bonds. The van der Waals surface area contributed by atoms with Crippen molar-refractivity contribution in [1.82, 2.24) is 9.78 Å². The Morgan fingerprint density at radius 1 is 1.10 bits per heavy atom. The third-order valence-corrected chi connectivity index (χ3v) is 4.74. The molecule has 2 aromatic carbocycles. The highest BCUT2D eigenvalue weighted by molar-refractivity contribution is 7.92. The summed E-state index contributed by atoms with van der Waals surface area (Å²) in [6, 6.07) is 13.3. The van der Waals surface area contributed by atoms with E-state index in [-0.39, 0.29) is 4.90 Å². The maximum absolute atomic E-state index is 12.4. The fourth-order valence-electron chi connectivity index (χ4n) is 2.30. The Morgan fingerprint density at radius 3 is 2.48 bits per heavy atom. The van der Waals surface area contributed by atoms with Gasteiger partial charge in [0.2, 0.25) is 0 Å². The van der Waals surface area contributed by atoms with Gasteiger partial charge in [-0.3, -0.25) is 9.40 Å². The van der Waals surface area contributed by atoms with Crippen LogP contribution in [-0.2, 0) is 17.1 Å². The van der Waals surface area contributed by atoms with E-state index in [1.54, 1.807) is 20.0 Å². The van der Waals surface area contributed by atoms with Gasteiger partial charge in [-0.05, 0) is 29.8 Å². The summed E-state index contributed by atoms with van der Waals surface area (Å²) in [7, 11) is -1.93. The van der Waals surface area contributed by atoms with Crippen molar-refractivity contribution in [3.8, 4) is 0 Å². The molecule has 1 aromatic heterocycles. The molecule has 0 radical (unpaired) electrons. The van der Waals surface area contributed by atoms with Gasteiger partial charge in [0, 0.05) is 18.9 Å².